The third kappa shape index (κ3) is 2.12. The molecular formula is C5H3Cl5N2. The van der Waals surface area contributed by atoms with Gasteiger partial charge in [-0.05, 0) is 0 Å². The van der Waals surface area contributed by atoms with Crippen LogP contribution < -0.4 is 0 Å². The summed E-state index contributed by atoms with van der Waals surface area (Å²) in [5.41, 5.74) is 0. The zero-order chi connectivity index (χ0) is 9.35. The van der Waals surface area contributed by atoms with Crippen LogP contribution in [0.2, 0.25) is 10.3 Å². The Balaban J connectivity index is 3.04. The molecule has 0 fully saturated rings. The van der Waals surface area contributed by atoms with E-state index in [1.807, 2.05) is 0 Å². The number of nitrogens with zero attached hydrogens (tertiary/aromatic N) is 1. The van der Waals surface area contributed by atoms with E-state index in [1.54, 1.807) is 0 Å². The summed E-state index contributed by atoms with van der Waals surface area (Å²) in [4.78, 5) is 6.39. The second kappa shape index (κ2) is 3.81. The van der Waals surface area contributed by atoms with Crippen molar-refractivity contribution in [3.8, 4) is 0 Å². The number of aromatic nitrogens is 2. The van der Waals surface area contributed by atoms with Crippen molar-refractivity contribution in [1.29, 1.82) is 0 Å². The Morgan fingerprint density at radius 1 is 1.33 bits per heavy atom. The second-order valence-electron chi connectivity index (χ2n) is 2.03. The topological polar surface area (TPSA) is 28.7 Å². The number of hydrogen-bond acceptors (Lipinski definition) is 1. The van der Waals surface area contributed by atoms with Crippen molar-refractivity contribution >= 4 is 58.0 Å². The first kappa shape index (κ1) is 10.7. The molecule has 0 radical (unpaired) electrons. The fourth-order valence-corrected chi connectivity index (χ4v) is 1.14. The van der Waals surface area contributed by atoms with Crippen molar-refractivity contribution in [3.05, 3.63) is 16.1 Å². The number of aromatic amines is 1. The molecule has 2 nitrogen and oxygen atoms in total. The molecule has 0 atom stereocenters. The summed E-state index contributed by atoms with van der Waals surface area (Å²) < 4.78 is -1.28. The smallest absolute Gasteiger partial charge is 0.188 e. The molecule has 68 valence electrons. The van der Waals surface area contributed by atoms with Crippen LogP contribution in [0, 0.1) is 0 Å². The first-order valence-corrected chi connectivity index (χ1v) is 4.87. The van der Waals surface area contributed by atoms with Crippen LogP contribution in [-0.2, 0) is 4.33 Å². The van der Waals surface area contributed by atoms with Crippen LogP contribution in [0.15, 0.2) is 0 Å². The molecule has 1 rings (SSSR count). The Bertz CT molecular complexity index is 262. The molecule has 0 aliphatic carbocycles. The van der Waals surface area contributed by atoms with E-state index in [1.165, 1.54) is 0 Å². The maximum atomic E-state index is 5.75. The molecule has 7 heteroatoms. The average Bonchev–Trinajstić information content (AvgIpc) is 2.33. The van der Waals surface area contributed by atoms with E-state index in [2.05, 4.69) is 9.97 Å². The third-order valence-corrected chi connectivity index (χ3v) is 3.08. The van der Waals surface area contributed by atoms with Gasteiger partial charge in [0, 0.05) is 0 Å². The lowest BCUT2D eigenvalue weighted by Gasteiger charge is -2.11. The number of alkyl halides is 3. The molecule has 1 aromatic heterocycles. The van der Waals surface area contributed by atoms with Crippen LogP contribution in [0.3, 0.4) is 0 Å². The van der Waals surface area contributed by atoms with E-state index in [4.69, 9.17) is 58.0 Å². The normalized spacial score (nSPS) is 12.1. The van der Waals surface area contributed by atoms with E-state index >= 15 is 0 Å². The molecule has 0 spiro atoms. The maximum Gasteiger partial charge on any atom is 0.188 e. The van der Waals surface area contributed by atoms with Crippen molar-refractivity contribution in [2.45, 2.75) is 4.33 Å². The highest BCUT2D eigenvalue weighted by atomic mass is 35.5. The van der Waals surface area contributed by atoms with Gasteiger partial charge in [0.15, 0.2) is 9.49 Å². The number of rotatable bonds is 2. The predicted molar refractivity (Wildman–Crippen MR) is 52.7 cm³/mol. The van der Waals surface area contributed by atoms with Crippen molar-refractivity contribution < 1.29 is 0 Å². The van der Waals surface area contributed by atoms with Crippen LogP contribution in [0.1, 0.15) is 5.82 Å². The Morgan fingerprint density at radius 3 is 2.25 bits per heavy atom. The summed E-state index contributed by atoms with van der Waals surface area (Å²) in [6.07, 6.45) is 0. The van der Waals surface area contributed by atoms with Crippen molar-refractivity contribution in [1.82, 2.24) is 9.97 Å². The summed E-state index contributed by atoms with van der Waals surface area (Å²) in [6.45, 7) is 0. The van der Waals surface area contributed by atoms with E-state index < -0.39 is 4.33 Å². The van der Waals surface area contributed by atoms with Gasteiger partial charge in [-0.2, -0.15) is 0 Å². The number of imidazole rings is 1. The molecule has 0 aliphatic heterocycles. The fourth-order valence-electron chi connectivity index (χ4n) is 0.567. The Hall–Kier alpha value is 0.660. The number of H-pyrrole nitrogens is 1. The molecule has 0 aliphatic rings. The lowest BCUT2D eigenvalue weighted by molar-refractivity contribution is 0.881. The second-order valence-corrected chi connectivity index (χ2v) is 4.52. The quantitative estimate of drug-likeness (QED) is 0.816. The molecule has 0 saturated heterocycles. The molecule has 12 heavy (non-hydrogen) atoms. The molecule has 0 bridgehead atoms. The van der Waals surface area contributed by atoms with Gasteiger partial charge in [0.25, 0.3) is 0 Å². The number of nitrogens with one attached hydrogen (secondary N) is 1. The number of halogens is 5. The van der Waals surface area contributed by atoms with Crippen LogP contribution in [0.4, 0.5) is 0 Å². The molecule has 0 aromatic carbocycles. The van der Waals surface area contributed by atoms with Crippen LogP contribution in [0.5, 0.6) is 0 Å². The first-order chi connectivity index (χ1) is 5.47. The largest absolute Gasteiger partial charge is 0.329 e. The fraction of sp³-hybridized carbons (Fsp3) is 0.400. The van der Waals surface area contributed by atoms with Crippen molar-refractivity contribution in [3.63, 3.8) is 0 Å². The van der Waals surface area contributed by atoms with Crippen LogP contribution >= 0.6 is 58.0 Å². The summed E-state index contributed by atoms with van der Waals surface area (Å²) in [6, 6.07) is 0. The summed E-state index contributed by atoms with van der Waals surface area (Å²) in [5.74, 6) is 0.242. The highest BCUT2D eigenvalue weighted by molar-refractivity contribution is 6.51. The zero-order valence-corrected chi connectivity index (χ0v) is 9.32. The minimum atomic E-state index is -1.28. The van der Waals surface area contributed by atoms with E-state index in [-0.39, 0.29) is 22.0 Å². The predicted octanol–water partition coefficient (Wildman–Crippen LogP) is 3.59. The van der Waals surface area contributed by atoms with Gasteiger partial charge >= 0.3 is 0 Å². The van der Waals surface area contributed by atoms with Crippen molar-refractivity contribution in [2.24, 2.45) is 0 Å². The summed E-state index contributed by atoms with van der Waals surface area (Å²) in [7, 11) is 0. The van der Waals surface area contributed by atoms with Gasteiger partial charge in [-0.15, -0.1) is 11.6 Å². The lowest BCUT2D eigenvalue weighted by atomic mass is 10.4. The standard InChI is InChI=1S/C5H3Cl5N2/c6-1-5(9,10)4-11-2(7)3(8)12-4/h1H2,(H,11,12). The third-order valence-electron chi connectivity index (χ3n) is 1.13. The average molecular weight is 268 g/mol. The Labute approximate surface area is 94.1 Å². The Morgan fingerprint density at radius 2 is 1.92 bits per heavy atom. The summed E-state index contributed by atoms with van der Waals surface area (Å²) in [5, 5.41) is 0.324. The molecule has 0 saturated carbocycles. The van der Waals surface area contributed by atoms with E-state index in [9.17, 15) is 0 Å². The van der Waals surface area contributed by atoms with E-state index in [0.717, 1.165) is 0 Å². The van der Waals surface area contributed by atoms with Gasteiger partial charge in [0.1, 0.15) is 11.0 Å². The lowest BCUT2D eigenvalue weighted by Crippen LogP contribution is -2.14. The van der Waals surface area contributed by atoms with Gasteiger partial charge in [-0.3, -0.25) is 0 Å². The molecule has 1 aromatic rings. The molecular weight excluding hydrogens is 265 g/mol. The molecule has 0 amide bonds. The zero-order valence-electron chi connectivity index (χ0n) is 5.54. The highest BCUT2D eigenvalue weighted by Crippen LogP contribution is 2.35. The molecule has 0 unspecified atom stereocenters. The molecule has 1 N–H and O–H groups in total. The van der Waals surface area contributed by atoms with Gasteiger partial charge in [-0.1, -0.05) is 46.4 Å². The summed E-state index contributed by atoms with van der Waals surface area (Å²) >= 11 is 28.1. The van der Waals surface area contributed by atoms with Gasteiger partial charge in [0.2, 0.25) is 0 Å². The first-order valence-electron chi connectivity index (χ1n) is 2.82. The highest BCUT2D eigenvalue weighted by Gasteiger charge is 2.30. The minimum absolute atomic E-state index is 0.00369. The van der Waals surface area contributed by atoms with E-state index in [0.29, 0.717) is 0 Å². The van der Waals surface area contributed by atoms with Gasteiger partial charge in [0.05, 0.1) is 5.88 Å². The Kier molecular flexibility index (Phi) is 3.41. The van der Waals surface area contributed by atoms with Gasteiger partial charge in [-0.25, -0.2) is 4.98 Å². The minimum Gasteiger partial charge on any atom is -0.329 e. The SMILES string of the molecule is ClCC(Cl)(Cl)c1nc(Cl)c(Cl)[nH]1. The van der Waals surface area contributed by atoms with Gasteiger partial charge < -0.3 is 4.98 Å². The van der Waals surface area contributed by atoms with Crippen LogP contribution in [-0.4, -0.2) is 15.8 Å². The molecule has 1 heterocycles. The maximum absolute atomic E-state index is 5.75. The van der Waals surface area contributed by atoms with Crippen LogP contribution in [0.25, 0.3) is 0 Å². The van der Waals surface area contributed by atoms with Crippen molar-refractivity contribution in [2.75, 3.05) is 5.88 Å². The number of hydrogen-bond donors (Lipinski definition) is 1. The monoisotopic (exact) mass is 266 g/mol.